The van der Waals surface area contributed by atoms with E-state index in [1.807, 2.05) is 0 Å². The predicted octanol–water partition coefficient (Wildman–Crippen LogP) is -0.0887. The lowest BCUT2D eigenvalue weighted by Gasteiger charge is -2.24. The topological polar surface area (TPSA) is 72.6 Å². The Morgan fingerprint density at radius 2 is 2.20 bits per heavy atom. The Morgan fingerprint density at radius 1 is 1.60 bits per heavy atom. The Labute approximate surface area is 89.9 Å². The van der Waals surface area contributed by atoms with Gasteiger partial charge in [0.15, 0.2) is 0 Å². The molecule has 0 aromatic rings. The van der Waals surface area contributed by atoms with Crippen LogP contribution in [0.4, 0.5) is 0 Å². The van der Waals surface area contributed by atoms with Gasteiger partial charge in [-0.05, 0) is 13.8 Å². The maximum atomic E-state index is 11.2. The molecule has 0 saturated heterocycles. The van der Waals surface area contributed by atoms with Crippen LogP contribution < -0.4 is 5.73 Å². The number of hydrogen-bond donors (Lipinski definition) is 1. The van der Waals surface area contributed by atoms with Crippen molar-refractivity contribution in [1.82, 2.24) is 4.90 Å². The van der Waals surface area contributed by atoms with Crippen LogP contribution in [0.3, 0.4) is 0 Å². The van der Waals surface area contributed by atoms with Gasteiger partial charge in [-0.2, -0.15) is 0 Å². The van der Waals surface area contributed by atoms with Crippen molar-refractivity contribution in [3.05, 3.63) is 12.7 Å². The van der Waals surface area contributed by atoms with Crippen LogP contribution in [0.1, 0.15) is 13.8 Å². The second-order valence-corrected chi connectivity index (χ2v) is 3.10. The number of esters is 1. The number of rotatable bonds is 7. The van der Waals surface area contributed by atoms with E-state index in [0.29, 0.717) is 13.2 Å². The molecule has 0 fully saturated rings. The number of carbonyl (C=O) groups excluding carboxylic acids is 2. The Balaban J connectivity index is 4.32. The van der Waals surface area contributed by atoms with Gasteiger partial charge in [-0.25, -0.2) is 0 Å². The van der Waals surface area contributed by atoms with Crippen LogP contribution in [-0.2, 0) is 14.3 Å². The molecular weight excluding hydrogens is 196 g/mol. The standard InChI is InChI=1S/C10H18N2O3/c1-4-6-12(8(3)10(11)14)7-9(13)15-5-2/h4,8H,1,5-7H2,2-3H3,(H2,11,14). The number of nitrogens with zero attached hydrogens (tertiary/aromatic N) is 1. The summed E-state index contributed by atoms with van der Waals surface area (Å²) in [7, 11) is 0. The Kier molecular flexibility index (Phi) is 6.37. The van der Waals surface area contributed by atoms with Crippen molar-refractivity contribution < 1.29 is 14.3 Å². The summed E-state index contributed by atoms with van der Waals surface area (Å²) in [6.07, 6.45) is 1.61. The van der Waals surface area contributed by atoms with Crippen LogP contribution in [0.2, 0.25) is 0 Å². The maximum Gasteiger partial charge on any atom is 0.320 e. The van der Waals surface area contributed by atoms with Crippen LogP contribution in [-0.4, -0.2) is 42.5 Å². The third-order valence-corrected chi connectivity index (χ3v) is 1.96. The molecule has 0 aromatic carbocycles. The van der Waals surface area contributed by atoms with E-state index >= 15 is 0 Å². The maximum absolute atomic E-state index is 11.2. The summed E-state index contributed by atoms with van der Waals surface area (Å²) >= 11 is 0. The van der Waals surface area contributed by atoms with Gasteiger partial charge in [-0.3, -0.25) is 14.5 Å². The number of nitrogens with two attached hydrogens (primary N) is 1. The van der Waals surface area contributed by atoms with Gasteiger partial charge in [0.05, 0.1) is 19.2 Å². The smallest absolute Gasteiger partial charge is 0.320 e. The monoisotopic (exact) mass is 214 g/mol. The molecule has 0 saturated carbocycles. The molecule has 5 nitrogen and oxygen atoms in total. The lowest BCUT2D eigenvalue weighted by atomic mass is 10.2. The van der Waals surface area contributed by atoms with Crippen LogP contribution >= 0.6 is 0 Å². The van der Waals surface area contributed by atoms with E-state index in [1.165, 1.54) is 0 Å². The molecule has 15 heavy (non-hydrogen) atoms. The largest absolute Gasteiger partial charge is 0.465 e. The molecule has 1 atom stereocenters. The average Bonchev–Trinajstić information content (AvgIpc) is 2.16. The summed E-state index contributed by atoms with van der Waals surface area (Å²) in [5.74, 6) is -0.839. The van der Waals surface area contributed by atoms with Crippen LogP contribution in [0, 0.1) is 0 Å². The molecule has 0 aromatic heterocycles. The average molecular weight is 214 g/mol. The number of amides is 1. The normalized spacial score (nSPS) is 12.2. The first-order valence-electron chi connectivity index (χ1n) is 4.82. The van der Waals surface area contributed by atoms with Gasteiger partial charge in [0.1, 0.15) is 0 Å². The third-order valence-electron chi connectivity index (χ3n) is 1.96. The first kappa shape index (κ1) is 13.6. The fourth-order valence-corrected chi connectivity index (χ4v) is 1.08. The highest BCUT2D eigenvalue weighted by atomic mass is 16.5. The van der Waals surface area contributed by atoms with Crippen molar-refractivity contribution in [3.8, 4) is 0 Å². The van der Waals surface area contributed by atoms with E-state index in [4.69, 9.17) is 10.5 Å². The second kappa shape index (κ2) is 7.00. The van der Waals surface area contributed by atoms with E-state index in [0.717, 1.165) is 0 Å². The number of primary amides is 1. The summed E-state index contributed by atoms with van der Waals surface area (Å²) < 4.78 is 4.78. The van der Waals surface area contributed by atoms with Gasteiger partial charge in [0.25, 0.3) is 0 Å². The van der Waals surface area contributed by atoms with E-state index in [-0.39, 0.29) is 12.5 Å². The molecule has 0 aliphatic rings. The molecule has 1 unspecified atom stereocenters. The van der Waals surface area contributed by atoms with Gasteiger partial charge in [-0.15, -0.1) is 6.58 Å². The second-order valence-electron chi connectivity index (χ2n) is 3.10. The van der Waals surface area contributed by atoms with Crippen molar-refractivity contribution in [2.24, 2.45) is 5.73 Å². The number of ether oxygens (including phenoxy) is 1. The SMILES string of the molecule is C=CCN(CC(=O)OCC)C(C)C(N)=O. The molecule has 0 radical (unpaired) electrons. The summed E-state index contributed by atoms with van der Waals surface area (Å²) in [5.41, 5.74) is 5.15. The molecule has 2 N–H and O–H groups in total. The zero-order chi connectivity index (χ0) is 11.8. The summed E-state index contributed by atoms with van der Waals surface area (Å²) in [4.78, 5) is 23.8. The Bertz CT molecular complexity index is 241. The molecule has 0 spiro atoms. The van der Waals surface area contributed by atoms with Crippen LogP contribution in [0.5, 0.6) is 0 Å². The fraction of sp³-hybridized carbons (Fsp3) is 0.600. The molecule has 0 rings (SSSR count). The molecular formula is C10H18N2O3. The predicted molar refractivity (Wildman–Crippen MR) is 57.1 cm³/mol. The molecule has 1 amide bonds. The minimum Gasteiger partial charge on any atom is -0.465 e. The van der Waals surface area contributed by atoms with E-state index in [9.17, 15) is 9.59 Å². The molecule has 0 bridgehead atoms. The van der Waals surface area contributed by atoms with E-state index in [1.54, 1.807) is 24.8 Å². The van der Waals surface area contributed by atoms with Gasteiger partial charge in [0.2, 0.25) is 5.91 Å². The Morgan fingerprint density at radius 3 is 2.60 bits per heavy atom. The highest BCUT2D eigenvalue weighted by Crippen LogP contribution is 1.99. The fourth-order valence-electron chi connectivity index (χ4n) is 1.08. The van der Waals surface area contributed by atoms with Gasteiger partial charge in [0, 0.05) is 6.54 Å². The summed E-state index contributed by atoms with van der Waals surface area (Å²) in [6.45, 7) is 7.71. The minimum atomic E-state index is -0.507. The van der Waals surface area contributed by atoms with E-state index < -0.39 is 11.9 Å². The van der Waals surface area contributed by atoms with Gasteiger partial charge in [-0.1, -0.05) is 6.08 Å². The molecule has 0 heterocycles. The molecule has 5 heteroatoms. The lowest BCUT2D eigenvalue weighted by molar-refractivity contribution is -0.145. The zero-order valence-corrected chi connectivity index (χ0v) is 9.23. The zero-order valence-electron chi connectivity index (χ0n) is 9.23. The lowest BCUT2D eigenvalue weighted by Crippen LogP contribution is -2.45. The van der Waals surface area contributed by atoms with Crippen molar-refractivity contribution in [2.45, 2.75) is 19.9 Å². The van der Waals surface area contributed by atoms with Crippen molar-refractivity contribution in [3.63, 3.8) is 0 Å². The molecule has 0 aliphatic carbocycles. The Hall–Kier alpha value is -1.36. The molecule has 0 aliphatic heterocycles. The third kappa shape index (κ3) is 5.17. The van der Waals surface area contributed by atoms with Crippen LogP contribution in [0.15, 0.2) is 12.7 Å². The quantitative estimate of drug-likeness (QED) is 0.475. The first-order chi connectivity index (χ1) is 7.02. The first-order valence-corrected chi connectivity index (χ1v) is 4.82. The van der Waals surface area contributed by atoms with Gasteiger partial charge >= 0.3 is 5.97 Å². The van der Waals surface area contributed by atoms with Gasteiger partial charge < -0.3 is 10.5 Å². The summed E-state index contributed by atoms with van der Waals surface area (Å²) in [5, 5.41) is 0. The van der Waals surface area contributed by atoms with Crippen molar-refractivity contribution in [2.75, 3.05) is 19.7 Å². The van der Waals surface area contributed by atoms with Crippen molar-refractivity contribution >= 4 is 11.9 Å². The number of carbonyl (C=O) groups is 2. The molecule has 86 valence electrons. The van der Waals surface area contributed by atoms with E-state index in [2.05, 4.69) is 6.58 Å². The minimum absolute atomic E-state index is 0.0456. The highest BCUT2D eigenvalue weighted by molar-refractivity contribution is 5.80. The summed E-state index contributed by atoms with van der Waals surface area (Å²) in [6, 6.07) is -0.507. The highest BCUT2D eigenvalue weighted by Gasteiger charge is 2.20. The number of hydrogen-bond acceptors (Lipinski definition) is 4. The van der Waals surface area contributed by atoms with Crippen molar-refractivity contribution in [1.29, 1.82) is 0 Å². The van der Waals surface area contributed by atoms with Crippen LogP contribution in [0.25, 0.3) is 0 Å².